The fourth-order valence-corrected chi connectivity index (χ4v) is 6.28. The van der Waals surface area contributed by atoms with Gasteiger partial charge in [0.25, 0.3) is 0 Å². The molecule has 1 unspecified atom stereocenters. The highest BCUT2D eigenvalue weighted by Gasteiger charge is 2.44. The van der Waals surface area contributed by atoms with E-state index < -0.39 is 35.0 Å². The molecule has 2 amide bonds. The molecule has 0 bridgehead atoms. The Morgan fingerprint density at radius 2 is 2.00 bits per heavy atom. The molecule has 2 atom stereocenters. The number of urea groups is 1. The van der Waals surface area contributed by atoms with Gasteiger partial charge in [-0.2, -0.15) is 0 Å². The monoisotopic (exact) mass is 616 g/mol. The number of benzene rings is 1. The number of nitrogens with one attached hydrogen (secondary N) is 1. The number of rotatable bonds is 9. The number of amidine groups is 1. The summed E-state index contributed by atoms with van der Waals surface area (Å²) < 4.78 is 34.2. The van der Waals surface area contributed by atoms with E-state index in [0.29, 0.717) is 48.3 Å². The first-order valence-corrected chi connectivity index (χ1v) is 14.9. The molecule has 1 aromatic heterocycles. The van der Waals surface area contributed by atoms with Crippen LogP contribution in [-0.2, 0) is 14.3 Å². The van der Waals surface area contributed by atoms with Gasteiger partial charge in [0.2, 0.25) is 0 Å². The molecule has 1 aromatic carbocycles. The Balaban J connectivity index is 1.47. The maximum Gasteiger partial charge on any atom is 0.338 e. The highest BCUT2D eigenvalue weighted by atomic mass is 32.1. The lowest BCUT2D eigenvalue weighted by Gasteiger charge is -2.38. The van der Waals surface area contributed by atoms with E-state index in [0.717, 1.165) is 6.07 Å². The molecule has 0 aliphatic carbocycles. The highest BCUT2D eigenvalue weighted by molar-refractivity contribution is 7.11. The summed E-state index contributed by atoms with van der Waals surface area (Å²) >= 11 is 1.34. The van der Waals surface area contributed by atoms with Crippen LogP contribution in [0.15, 0.2) is 40.0 Å². The molecule has 2 fully saturated rings. The van der Waals surface area contributed by atoms with Gasteiger partial charge in [0.05, 0.1) is 23.6 Å². The van der Waals surface area contributed by atoms with Crippen molar-refractivity contribution in [3.05, 3.63) is 62.7 Å². The van der Waals surface area contributed by atoms with Crippen LogP contribution in [0, 0.1) is 24.0 Å². The molecule has 14 heteroatoms. The lowest BCUT2D eigenvalue weighted by Crippen LogP contribution is -2.53. The van der Waals surface area contributed by atoms with Crippen LogP contribution in [0.2, 0.25) is 0 Å². The van der Waals surface area contributed by atoms with Gasteiger partial charge >= 0.3 is 18.0 Å². The number of aliphatic carboxylic acids is 1. The SMILES string of the molecule is CCOC(=O)C1=C(CN2CCN3C(=O)N(CC(C)(C)C(=O)O)CC3C2)NC(c2nccs2)=N[C@H]1c1ccc(F)c(F)c1C. The number of aliphatic imine (C=N–C) groups is 1. The second-order valence-electron chi connectivity index (χ2n) is 11.5. The number of carboxylic acids is 1. The summed E-state index contributed by atoms with van der Waals surface area (Å²) in [7, 11) is 0. The maximum atomic E-state index is 14.7. The number of nitrogens with zero attached hydrogens (tertiary/aromatic N) is 5. The standard InChI is InChI=1S/C29H34F2N6O5S/c1-5-42-26(38)21-20(14-35-9-10-37-17(12-35)13-36(28(37)41)15-29(3,4)27(39)40)33-24(25-32-8-11-43-25)34-23(21)18-6-7-19(30)22(31)16(18)2/h6-8,11,17,23H,5,9-10,12-15H2,1-4H3,(H,33,34)(H,39,40)/t17?,23-/m0/s1. The molecule has 11 nitrogen and oxygen atoms in total. The Morgan fingerprint density at radius 1 is 1.23 bits per heavy atom. The largest absolute Gasteiger partial charge is 0.481 e. The minimum atomic E-state index is -1.09. The van der Waals surface area contributed by atoms with E-state index in [1.165, 1.54) is 24.3 Å². The van der Waals surface area contributed by atoms with Crippen molar-refractivity contribution in [2.45, 2.75) is 39.8 Å². The zero-order chi connectivity index (χ0) is 31.1. The molecule has 43 heavy (non-hydrogen) atoms. The number of piperazine rings is 1. The fourth-order valence-electron chi connectivity index (χ4n) is 5.69. The molecular weight excluding hydrogens is 582 g/mol. The van der Waals surface area contributed by atoms with Crippen molar-refractivity contribution in [2.75, 3.05) is 45.9 Å². The normalized spacial score (nSPS) is 21.1. The molecule has 0 spiro atoms. The topological polar surface area (TPSA) is 128 Å². The van der Waals surface area contributed by atoms with Crippen LogP contribution < -0.4 is 5.32 Å². The van der Waals surface area contributed by atoms with Crippen LogP contribution >= 0.6 is 11.3 Å². The van der Waals surface area contributed by atoms with E-state index >= 15 is 0 Å². The van der Waals surface area contributed by atoms with Crippen molar-refractivity contribution < 1.29 is 33.0 Å². The number of halogens is 2. The Bertz CT molecular complexity index is 1490. The number of fused-ring (bicyclic) bond motifs is 1. The van der Waals surface area contributed by atoms with Crippen LogP contribution in [-0.4, -0.2) is 101 Å². The van der Waals surface area contributed by atoms with Gasteiger partial charge in [-0.1, -0.05) is 6.07 Å². The molecule has 0 radical (unpaired) electrons. The second kappa shape index (κ2) is 12.0. The van der Waals surface area contributed by atoms with E-state index in [-0.39, 0.29) is 42.9 Å². The minimum absolute atomic E-state index is 0.0396. The third-order valence-corrected chi connectivity index (χ3v) is 8.77. The number of amides is 2. The lowest BCUT2D eigenvalue weighted by molar-refractivity contribution is -0.147. The van der Waals surface area contributed by atoms with Gasteiger partial charge in [-0.25, -0.2) is 23.4 Å². The van der Waals surface area contributed by atoms with Gasteiger partial charge in [0.15, 0.2) is 22.5 Å². The number of carbonyl (C=O) groups is 3. The Labute approximate surface area is 251 Å². The third-order valence-electron chi connectivity index (χ3n) is 7.99. The second-order valence-corrected chi connectivity index (χ2v) is 12.4. The average Bonchev–Trinajstić information content (AvgIpc) is 3.60. The number of thiazole rings is 1. The van der Waals surface area contributed by atoms with Crippen LogP contribution in [0.4, 0.5) is 13.6 Å². The van der Waals surface area contributed by atoms with E-state index in [4.69, 9.17) is 9.73 Å². The molecule has 2 N–H and O–H groups in total. The summed E-state index contributed by atoms with van der Waals surface area (Å²) in [6.07, 6.45) is 1.62. The smallest absolute Gasteiger partial charge is 0.338 e. The fraction of sp³-hybridized carbons (Fsp3) is 0.483. The Hall–Kier alpha value is -3.91. The molecule has 0 saturated carbocycles. The molecule has 230 valence electrons. The Morgan fingerprint density at radius 3 is 2.67 bits per heavy atom. The zero-order valence-electron chi connectivity index (χ0n) is 24.4. The predicted octanol–water partition coefficient (Wildman–Crippen LogP) is 3.17. The van der Waals surface area contributed by atoms with Gasteiger partial charge in [-0.15, -0.1) is 11.3 Å². The summed E-state index contributed by atoms with van der Waals surface area (Å²) in [6, 6.07) is 1.12. The van der Waals surface area contributed by atoms with Crippen molar-refractivity contribution in [1.82, 2.24) is 25.0 Å². The van der Waals surface area contributed by atoms with Gasteiger partial charge in [-0.05, 0) is 44.9 Å². The van der Waals surface area contributed by atoms with Crippen molar-refractivity contribution in [2.24, 2.45) is 10.4 Å². The van der Waals surface area contributed by atoms with Crippen molar-refractivity contribution in [1.29, 1.82) is 0 Å². The number of carbonyl (C=O) groups excluding carboxylic acids is 2. The number of hydrogen-bond donors (Lipinski definition) is 2. The number of esters is 1. The first kappa shape index (κ1) is 30.5. The van der Waals surface area contributed by atoms with Gasteiger partial charge in [0, 0.05) is 56.5 Å². The van der Waals surface area contributed by atoms with E-state index in [1.807, 2.05) is 0 Å². The first-order valence-electron chi connectivity index (χ1n) is 14.0. The first-order chi connectivity index (χ1) is 20.4. The number of ether oxygens (including phenoxy) is 1. The third kappa shape index (κ3) is 5.98. The molecule has 2 aromatic rings. The van der Waals surface area contributed by atoms with Crippen LogP contribution in [0.25, 0.3) is 0 Å². The predicted molar refractivity (Wildman–Crippen MR) is 155 cm³/mol. The summed E-state index contributed by atoms with van der Waals surface area (Å²) in [5.41, 5.74) is -0.0375. The van der Waals surface area contributed by atoms with Gasteiger partial charge in [0.1, 0.15) is 6.04 Å². The zero-order valence-corrected chi connectivity index (χ0v) is 25.2. The molecule has 3 aliphatic rings. The maximum absolute atomic E-state index is 14.7. The van der Waals surface area contributed by atoms with Crippen molar-refractivity contribution in [3.63, 3.8) is 0 Å². The Kier molecular flexibility index (Phi) is 8.52. The van der Waals surface area contributed by atoms with Crippen molar-refractivity contribution >= 4 is 35.1 Å². The van der Waals surface area contributed by atoms with E-state index in [9.17, 15) is 28.3 Å². The number of carboxylic acid groups (broad SMARTS) is 1. The lowest BCUT2D eigenvalue weighted by atomic mass is 9.92. The van der Waals surface area contributed by atoms with E-state index in [2.05, 4.69) is 15.2 Å². The molecule has 3 aliphatic heterocycles. The van der Waals surface area contributed by atoms with Crippen molar-refractivity contribution in [3.8, 4) is 0 Å². The highest BCUT2D eigenvalue weighted by Crippen LogP contribution is 2.36. The minimum Gasteiger partial charge on any atom is -0.481 e. The number of aromatic nitrogens is 1. The van der Waals surface area contributed by atoms with Gasteiger partial charge < -0.3 is 25.0 Å². The summed E-state index contributed by atoms with van der Waals surface area (Å²) in [5.74, 6) is -3.21. The van der Waals surface area contributed by atoms with E-state index in [1.54, 1.807) is 42.1 Å². The van der Waals surface area contributed by atoms with Gasteiger partial charge in [-0.3, -0.25) is 14.7 Å². The molecular formula is C29H34F2N6O5S. The average molecular weight is 617 g/mol. The summed E-state index contributed by atoms with van der Waals surface area (Å²) in [4.78, 5) is 52.8. The molecule has 2 saturated heterocycles. The molecule has 4 heterocycles. The molecule has 5 rings (SSSR count). The van der Waals surface area contributed by atoms with Crippen LogP contribution in [0.5, 0.6) is 0 Å². The van der Waals surface area contributed by atoms with Crippen LogP contribution in [0.1, 0.15) is 42.9 Å². The quantitative estimate of drug-likeness (QED) is 0.412. The van der Waals surface area contributed by atoms with Crippen LogP contribution in [0.3, 0.4) is 0 Å². The summed E-state index contributed by atoms with van der Waals surface area (Å²) in [6.45, 7) is 8.57. The number of hydrogen-bond acceptors (Lipinski definition) is 9. The summed E-state index contributed by atoms with van der Waals surface area (Å²) in [5, 5.41) is 15.2.